The minimum atomic E-state index is -3.91. The third-order valence-electron chi connectivity index (χ3n) is 3.16. The van der Waals surface area contributed by atoms with E-state index in [2.05, 4.69) is 14.6 Å². The molecular formula is C15H13N3O4S2. The number of esters is 1. The first-order valence-corrected chi connectivity index (χ1v) is 9.16. The van der Waals surface area contributed by atoms with Crippen LogP contribution in [0.1, 0.15) is 9.67 Å². The number of carbonyl (C=O) groups excluding carboxylic acids is 1. The Morgan fingerprint density at radius 3 is 2.83 bits per heavy atom. The molecule has 124 valence electrons. The molecule has 0 aliphatic rings. The SMILES string of the molecule is COC(=O)c1sccc1S(=O)(=O)Nc1cccc(-n2cccn2)c1. The number of aromatic nitrogens is 2. The number of sulfonamides is 1. The van der Waals surface area contributed by atoms with Crippen molar-refractivity contribution in [1.29, 1.82) is 0 Å². The summed E-state index contributed by atoms with van der Waals surface area (Å²) in [6.07, 6.45) is 3.38. The van der Waals surface area contributed by atoms with Gasteiger partial charge in [-0.3, -0.25) is 4.72 Å². The highest BCUT2D eigenvalue weighted by atomic mass is 32.2. The number of methoxy groups -OCH3 is 1. The van der Waals surface area contributed by atoms with Crippen molar-refractivity contribution in [2.45, 2.75) is 4.90 Å². The van der Waals surface area contributed by atoms with Gasteiger partial charge in [0.15, 0.2) is 0 Å². The fourth-order valence-electron chi connectivity index (χ4n) is 2.09. The van der Waals surface area contributed by atoms with E-state index >= 15 is 0 Å². The molecule has 3 rings (SSSR count). The van der Waals surface area contributed by atoms with Crippen LogP contribution in [0.4, 0.5) is 5.69 Å². The second-order valence-corrected chi connectivity index (χ2v) is 7.28. The number of hydrogen-bond acceptors (Lipinski definition) is 6. The van der Waals surface area contributed by atoms with E-state index in [9.17, 15) is 13.2 Å². The van der Waals surface area contributed by atoms with E-state index in [1.54, 1.807) is 47.4 Å². The lowest BCUT2D eigenvalue weighted by Gasteiger charge is -2.10. The zero-order valence-electron chi connectivity index (χ0n) is 12.5. The highest BCUT2D eigenvalue weighted by molar-refractivity contribution is 7.93. The van der Waals surface area contributed by atoms with Gasteiger partial charge in [-0.2, -0.15) is 5.10 Å². The Kier molecular flexibility index (Phi) is 4.36. The summed E-state index contributed by atoms with van der Waals surface area (Å²) in [5, 5.41) is 5.63. The van der Waals surface area contributed by atoms with Crippen molar-refractivity contribution in [2.75, 3.05) is 11.8 Å². The number of nitrogens with zero attached hydrogens (tertiary/aromatic N) is 2. The second kappa shape index (κ2) is 6.46. The molecular weight excluding hydrogens is 350 g/mol. The van der Waals surface area contributed by atoms with Gasteiger partial charge in [0, 0.05) is 12.4 Å². The van der Waals surface area contributed by atoms with Crippen LogP contribution in [0.15, 0.2) is 59.1 Å². The van der Waals surface area contributed by atoms with Crippen LogP contribution in [0, 0.1) is 0 Å². The summed E-state index contributed by atoms with van der Waals surface area (Å²) in [4.78, 5) is 11.6. The topological polar surface area (TPSA) is 90.3 Å². The van der Waals surface area contributed by atoms with Gasteiger partial charge >= 0.3 is 5.97 Å². The fraction of sp³-hybridized carbons (Fsp3) is 0.0667. The summed E-state index contributed by atoms with van der Waals surface area (Å²) < 4.78 is 33.8. The summed E-state index contributed by atoms with van der Waals surface area (Å²) in [6, 6.07) is 9.92. The summed E-state index contributed by atoms with van der Waals surface area (Å²) in [5.74, 6) is -0.685. The van der Waals surface area contributed by atoms with Gasteiger partial charge in [0.2, 0.25) is 0 Å². The van der Waals surface area contributed by atoms with E-state index in [0.29, 0.717) is 11.4 Å². The molecule has 0 radical (unpaired) electrons. The molecule has 0 spiro atoms. The van der Waals surface area contributed by atoms with E-state index in [4.69, 9.17) is 0 Å². The highest BCUT2D eigenvalue weighted by Gasteiger charge is 2.24. The first-order valence-electron chi connectivity index (χ1n) is 6.80. The van der Waals surface area contributed by atoms with Crippen LogP contribution in [0.25, 0.3) is 5.69 Å². The molecule has 0 fully saturated rings. The van der Waals surface area contributed by atoms with Gasteiger partial charge in [0.05, 0.1) is 18.5 Å². The lowest BCUT2D eigenvalue weighted by atomic mass is 10.3. The maximum absolute atomic E-state index is 12.6. The van der Waals surface area contributed by atoms with E-state index in [0.717, 1.165) is 11.3 Å². The predicted molar refractivity (Wildman–Crippen MR) is 90.0 cm³/mol. The zero-order valence-corrected chi connectivity index (χ0v) is 14.2. The molecule has 0 amide bonds. The van der Waals surface area contributed by atoms with Crippen molar-refractivity contribution < 1.29 is 17.9 Å². The van der Waals surface area contributed by atoms with Crippen molar-refractivity contribution in [1.82, 2.24) is 9.78 Å². The Morgan fingerprint density at radius 1 is 1.29 bits per heavy atom. The van der Waals surface area contributed by atoms with Crippen LogP contribution in [0.3, 0.4) is 0 Å². The van der Waals surface area contributed by atoms with Crippen LogP contribution in [0.2, 0.25) is 0 Å². The van der Waals surface area contributed by atoms with Gasteiger partial charge in [0.1, 0.15) is 9.77 Å². The molecule has 0 aliphatic carbocycles. The Bertz CT molecular complexity index is 962. The minimum Gasteiger partial charge on any atom is -0.465 e. The van der Waals surface area contributed by atoms with Crippen molar-refractivity contribution in [3.05, 3.63) is 59.0 Å². The Labute approximate surface area is 142 Å². The zero-order chi connectivity index (χ0) is 17.2. The number of anilines is 1. The van der Waals surface area contributed by atoms with Gasteiger partial charge in [-0.25, -0.2) is 17.9 Å². The largest absolute Gasteiger partial charge is 0.465 e. The Morgan fingerprint density at radius 2 is 2.12 bits per heavy atom. The van der Waals surface area contributed by atoms with Crippen molar-refractivity contribution >= 4 is 33.0 Å². The molecule has 0 aliphatic heterocycles. The molecule has 7 nitrogen and oxygen atoms in total. The van der Waals surface area contributed by atoms with E-state index in [-0.39, 0.29) is 9.77 Å². The third kappa shape index (κ3) is 3.17. The monoisotopic (exact) mass is 363 g/mol. The number of thiophene rings is 1. The van der Waals surface area contributed by atoms with Gasteiger partial charge in [-0.1, -0.05) is 6.07 Å². The normalized spacial score (nSPS) is 11.2. The molecule has 1 N–H and O–H groups in total. The number of hydrogen-bond donors (Lipinski definition) is 1. The summed E-state index contributed by atoms with van der Waals surface area (Å²) in [5.41, 5.74) is 1.07. The van der Waals surface area contributed by atoms with E-state index < -0.39 is 16.0 Å². The molecule has 0 unspecified atom stereocenters. The lowest BCUT2D eigenvalue weighted by Crippen LogP contribution is -2.16. The molecule has 24 heavy (non-hydrogen) atoms. The van der Waals surface area contributed by atoms with E-state index in [1.807, 2.05) is 0 Å². The second-order valence-electron chi connectivity index (χ2n) is 4.71. The summed E-state index contributed by atoms with van der Waals surface area (Å²) >= 11 is 1.01. The number of carbonyl (C=O) groups is 1. The first kappa shape index (κ1) is 16.2. The van der Waals surface area contributed by atoms with Gasteiger partial charge in [-0.05, 0) is 35.7 Å². The molecule has 0 atom stereocenters. The maximum Gasteiger partial charge on any atom is 0.349 e. The molecule has 3 aromatic rings. The minimum absolute atomic E-state index is 0.0354. The van der Waals surface area contributed by atoms with Crippen LogP contribution in [0.5, 0.6) is 0 Å². The first-order chi connectivity index (χ1) is 11.5. The molecule has 1 aromatic carbocycles. The van der Waals surface area contributed by atoms with Crippen LogP contribution >= 0.6 is 11.3 Å². The standard InChI is InChI=1S/C15H13N3O4S2/c1-22-15(19)14-13(6-9-23-14)24(20,21)17-11-4-2-5-12(10-11)18-8-3-7-16-18/h2-10,17H,1H3. The van der Waals surface area contributed by atoms with Crippen LogP contribution in [-0.2, 0) is 14.8 Å². The molecule has 2 aromatic heterocycles. The Hall–Kier alpha value is -2.65. The van der Waals surface area contributed by atoms with Crippen molar-refractivity contribution in [3.63, 3.8) is 0 Å². The predicted octanol–water partition coefficient (Wildman–Crippen LogP) is 2.52. The third-order valence-corrected chi connectivity index (χ3v) is 5.60. The van der Waals surface area contributed by atoms with Crippen molar-refractivity contribution in [2.24, 2.45) is 0 Å². The summed E-state index contributed by atoms with van der Waals surface area (Å²) in [6.45, 7) is 0. The fourth-order valence-corrected chi connectivity index (χ4v) is 4.48. The molecule has 9 heteroatoms. The van der Waals surface area contributed by atoms with Crippen LogP contribution < -0.4 is 4.72 Å². The average molecular weight is 363 g/mol. The van der Waals surface area contributed by atoms with E-state index in [1.165, 1.54) is 18.6 Å². The summed E-state index contributed by atoms with van der Waals surface area (Å²) in [7, 11) is -2.70. The van der Waals surface area contributed by atoms with Crippen molar-refractivity contribution in [3.8, 4) is 5.69 Å². The molecule has 0 saturated carbocycles. The number of rotatable bonds is 5. The number of benzene rings is 1. The quantitative estimate of drug-likeness (QED) is 0.704. The molecule has 0 bridgehead atoms. The highest BCUT2D eigenvalue weighted by Crippen LogP contribution is 2.25. The molecule has 2 heterocycles. The van der Waals surface area contributed by atoms with Gasteiger partial charge in [-0.15, -0.1) is 11.3 Å². The Balaban J connectivity index is 1.92. The maximum atomic E-state index is 12.6. The molecule has 0 saturated heterocycles. The van der Waals surface area contributed by atoms with Gasteiger partial charge in [0.25, 0.3) is 10.0 Å². The smallest absolute Gasteiger partial charge is 0.349 e. The van der Waals surface area contributed by atoms with Crippen LogP contribution in [-0.4, -0.2) is 31.3 Å². The average Bonchev–Trinajstić information content (AvgIpc) is 3.25. The van der Waals surface area contributed by atoms with Gasteiger partial charge < -0.3 is 4.74 Å². The number of nitrogens with one attached hydrogen (secondary N) is 1. The number of ether oxygens (including phenoxy) is 1. The lowest BCUT2D eigenvalue weighted by molar-refractivity contribution is 0.0602.